The van der Waals surface area contributed by atoms with E-state index < -0.39 is 0 Å². The van der Waals surface area contributed by atoms with E-state index in [-0.39, 0.29) is 6.04 Å². The standard InChI is InChI=1S/C17H25N3/c18-13-2-1-3-14-15(13)16(20-19-14)17-7-10-4-11(8-17)6-12(5-10)9-17/h10-13H,1-9,18H2,(H,19,20). The van der Waals surface area contributed by atoms with Crippen molar-refractivity contribution in [2.45, 2.75) is 69.2 Å². The summed E-state index contributed by atoms with van der Waals surface area (Å²) in [6, 6.07) is 0.237. The van der Waals surface area contributed by atoms with Gasteiger partial charge in [0.1, 0.15) is 0 Å². The van der Waals surface area contributed by atoms with E-state index in [9.17, 15) is 0 Å². The largest absolute Gasteiger partial charge is 0.324 e. The Hall–Kier alpha value is -0.830. The number of H-pyrrole nitrogens is 1. The van der Waals surface area contributed by atoms with Gasteiger partial charge in [-0.1, -0.05) is 0 Å². The van der Waals surface area contributed by atoms with Crippen molar-refractivity contribution in [2.75, 3.05) is 0 Å². The van der Waals surface area contributed by atoms with Gasteiger partial charge in [-0.05, 0) is 75.5 Å². The molecule has 0 amide bonds. The average Bonchev–Trinajstić information content (AvgIpc) is 2.83. The lowest BCUT2D eigenvalue weighted by molar-refractivity contribution is -0.00780. The predicted molar refractivity (Wildman–Crippen MR) is 78.3 cm³/mol. The molecule has 1 aromatic heterocycles. The van der Waals surface area contributed by atoms with Crippen LogP contribution in [0.3, 0.4) is 0 Å². The van der Waals surface area contributed by atoms with Gasteiger partial charge in [0.15, 0.2) is 0 Å². The van der Waals surface area contributed by atoms with Crippen LogP contribution in [0, 0.1) is 17.8 Å². The summed E-state index contributed by atoms with van der Waals surface area (Å²) in [5.41, 5.74) is 11.0. The fourth-order valence-corrected chi connectivity index (χ4v) is 6.42. The van der Waals surface area contributed by atoms with E-state index in [0.29, 0.717) is 5.41 Å². The van der Waals surface area contributed by atoms with Gasteiger partial charge in [0, 0.05) is 22.7 Å². The SMILES string of the molecule is NC1CCCc2[nH]nc(C34CC5CC(CC(C5)C3)C4)c21. The molecular weight excluding hydrogens is 246 g/mol. The molecule has 4 bridgehead atoms. The first-order valence-electron chi connectivity index (χ1n) is 8.57. The number of rotatable bonds is 1. The molecule has 1 unspecified atom stereocenters. The van der Waals surface area contributed by atoms with Gasteiger partial charge in [-0.3, -0.25) is 5.10 Å². The van der Waals surface area contributed by atoms with Crippen LogP contribution in [0.4, 0.5) is 0 Å². The fourth-order valence-electron chi connectivity index (χ4n) is 6.42. The molecule has 4 saturated carbocycles. The van der Waals surface area contributed by atoms with Crippen LogP contribution in [0.25, 0.3) is 0 Å². The van der Waals surface area contributed by atoms with E-state index in [2.05, 4.69) is 5.10 Å². The van der Waals surface area contributed by atoms with E-state index in [1.807, 2.05) is 0 Å². The fraction of sp³-hybridized carbons (Fsp3) is 0.824. The van der Waals surface area contributed by atoms with Gasteiger partial charge in [-0.2, -0.15) is 5.10 Å². The Bertz CT molecular complexity index is 509. The Kier molecular flexibility index (Phi) is 2.29. The first-order chi connectivity index (χ1) is 9.73. The smallest absolute Gasteiger partial charge is 0.0734 e. The highest BCUT2D eigenvalue weighted by Gasteiger charge is 2.53. The van der Waals surface area contributed by atoms with Gasteiger partial charge in [-0.25, -0.2) is 0 Å². The van der Waals surface area contributed by atoms with E-state index in [1.165, 1.54) is 61.9 Å². The molecule has 20 heavy (non-hydrogen) atoms. The summed E-state index contributed by atoms with van der Waals surface area (Å²) >= 11 is 0. The summed E-state index contributed by atoms with van der Waals surface area (Å²) in [5.74, 6) is 2.94. The van der Waals surface area contributed by atoms with E-state index in [0.717, 1.165) is 30.6 Å². The lowest BCUT2D eigenvalue weighted by atomic mass is 9.48. The number of aromatic nitrogens is 2. The first-order valence-corrected chi connectivity index (χ1v) is 8.57. The van der Waals surface area contributed by atoms with Gasteiger partial charge in [0.2, 0.25) is 0 Å². The normalized spacial score (nSPS) is 45.6. The Morgan fingerprint density at radius 2 is 1.70 bits per heavy atom. The van der Waals surface area contributed by atoms with Gasteiger partial charge < -0.3 is 5.73 Å². The highest BCUT2D eigenvalue weighted by Crippen LogP contribution is 2.61. The second-order valence-electron chi connectivity index (χ2n) is 8.16. The van der Waals surface area contributed by atoms with Crippen LogP contribution >= 0.6 is 0 Å². The van der Waals surface area contributed by atoms with Crippen molar-refractivity contribution in [3.05, 3.63) is 17.0 Å². The molecule has 0 aliphatic heterocycles. The molecule has 3 N–H and O–H groups in total. The first kappa shape index (κ1) is 11.8. The lowest BCUT2D eigenvalue weighted by Gasteiger charge is -2.56. The van der Waals surface area contributed by atoms with Crippen molar-refractivity contribution in [1.29, 1.82) is 0 Å². The molecule has 4 fully saturated rings. The maximum Gasteiger partial charge on any atom is 0.0734 e. The number of hydrogen-bond donors (Lipinski definition) is 2. The molecule has 0 aromatic carbocycles. The van der Waals surface area contributed by atoms with Crippen LogP contribution in [-0.2, 0) is 11.8 Å². The number of aromatic amines is 1. The van der Waals surface area contributed by atoms with Crippen LogP contribution in [0.1, 0.15) is 74.4 Å². The zero-order valence-corrected chi connectivity index (χ0v) is 12.2. The lowest BCUT2D eigenvalue weighted by Crippen LogP contribution is -2.49. The van der Waals surface area contributed by atoms with Crippen molar-refractivity contribution < 1.29 is 0 Å². The molecule has 5 aliphatic rings. The third-order valence-corrected chi connectivity index (χ3v) is 6.74. The molecular formula is C17H25N3. The van der Waals surface area contributed by atoms with Crippen LogP contribution in [-0.4, -0.2) is 10.2 Å². The molecule has 0 spiro atoms. The van der Waals surface area contributed by atoms with Crippen molar-refractivity contribution in [3.63, 3.8) is 0 Å². The van der Waals surface area contributed by atoms with E-state index in [1.54, 1.807) is 0 Å². The summed E-state index contributed by atoms with van der Waals surface area (Å²) in [5, 5.41) is 8.18. The molecule has 0 saturated heterocycles. The summed E-state index contributed by atoms with van der Waals surface area (Å²) < 4.78 is 0. The molecule has 3 nitrogen and oxygen atoms in total. The number of aryl methyl sites for hydroxylation is 1. The zero-order chi connectivity index (χ0) is 13.3. The maximum atomic E-state index is 6.45. The minimum absolute atomic E-state index is 0.237. The van der Waals surface area contributed by atoms with Gasteiger partial charge in [0.05, 0.1) is 5.69 Å². The quantitative estimate of drug-likeness (QED) is 0.824. The predicted octanol–water partition coefficient (Wildman–Crippen LogP) is 3.21. The Labute approximate surface area is 120 Å². The average molecular weight is 271 g/mol. The minimum Gasteiger partial charge on any atom is -0.324 e. The van der Waals surface area contributed by atoms with Gasteiger partial charge >= 0.3 is 0 Å². The monoisotopic (exact) mass is 271 g/mol. The molecule has 3 heteroatoms. The van der Waals surface area contributed by atoms with E-state index >= 15 is 0 Å². The highest BCUT2D eigenvalue weighted by molar-refractivity contribution is 5.38. The van der Waals surface area contributed by atoms with E-state index in [4.69, 9.17) is 10.8 Å². The maximum absolute atomic E-state index is 6.45. The molecule has 6 rings (SSSR count). The third kappa shape index (κ3) is 1.47. The van der Waals surface area contributed by atoms with Crippen LogP contribution < -0.4 is 5.73 Å². The summed E-state index contributed by atoms with van der Waals surface area (Å²) in [6.45, 7) is 0. The summed E-state index contributed by atoms with van der Waals surface area (Å²) in [4.78, 5) is 0. The van der Waals surface area contributed by atoms with Crippen molar-refractivity contribution in [2.24, 2.45) is 23.5 Å². The number of nitrogens with zero attached hydrogens (tertiary/aromatic N) is 1. The summed E-state index contributed by atoms with van der Waals surface area (Å²) in [6.07, 6.45) is 12.2. The Balaban J connectivity index is 1.62. The molecule has 5 aliphatic carbocycles. The number of nitrogens with two attached hydrogens (primary N) is 1. The van der Waals surface area contributed by atoms with Crippen molar-refractivity contribution in [1.82, 2.24) is 10.2 Å². The Morgan fingerprint density at radius 1 is 1.05 bits per heavy atom. The third-order valence-electron chi connectivity index (χ3n) is 6.74. The highest BCUT2D eigenvalue weighted by atomic mass is 15.1. The summed E-state index contributed by atoms with van der Waals surface area (Å²) in [7, 11) is 0. The number of fused-ring (bicyclic) bond motifs is 1. The van der Waals surface area contributed by atoms with Crippen molar-refractivity contribution in [3.8, 4) is 0 Å². The number of nitrogens with one attached hydrogen (secondary N) is 1. The van der Waals surface area contributed by atoms with Crippen LogP contribution in [0.2, 0.25) is 0 Å². The van der Waals surface area contributed by atoms with Crippen LogP contribution in [0.15, 0.2) is 0 Å². The molecule has 0 radical (unpaired) electrons. The molecule has 1 heterocycles. The van der Waals surface area contributed by atoms with Crippen LogP contribution in [0.5, 0.6) is 0 Å². The van der Waals surface area contributed by atoms with Crippen molar-refractivity contribution >= 4 is 0 Å². The second-order valence-corrected chi connectivity index (χ2v) is 8.16. The topological polar surface area (TPSA) is 54.7 Å². The zero-order valence-electron chi connectivity index (χ0n) is 12.2. The minimum atomic E-state index is 0.237. The molecule has 1 atom stereocenters. The van der Waals surface area contributed by atoms with Gasteiger partial charge in [0.25, 0.3) is 0 Å². The Morgan fingerprint density at radius 3 is 2.35 bits per heavy atom. The van der Waals surface area contributed by atoms with Gasteiger partial charge in [-0.15, -0.1) is 0 Å². The molecule has 108 valence electrons. The molecule has 1 aromatic rings. The number of hydrogen-bond acceptors (Lipinski definition) is 2. The second kappa shape index (κ2) is 3.88.